The maximum Gasteiger partial charge on any atom is 0.211 e. The average Bonchev–Trinajstić information content (AvgIpc) is 3.42. The first-order valence-corrected chi connectivity index (χ1v) is 10.3. The first-order chi connectivity index (χ1) is 12.6. The van der Waals surface area contributed by atoms with Crippen LogP contribution in [-0.2, 0) is 4.79 Å². The third-order valence-electron chi connectivity index (χ3n) is 6.54. The van der Waals surface area contributed by atoms with Gasteiger partial charge in [0, 0.05) is 18.5 Å². The number of nitrogens with zero attached hydrogens (tertiary/aromatic N) is 2. The molecule has 2 aliphatic heterocycles. The molecule has 2 heterocycles. The summed E-state index contributed by atoms with van der Waals surface area (Å²) in [5.74, 6) is 1.54. The molecule has 2 aliphatic carbocycles. The highest BCUT2D eigenvalue weighted by atomic mass is 16.2. The number of hydrogen-bond acceptors (Lipinski definition) is 1. The summed E-state index contributed by atoms with van der Waals surface area (Å²) in [5, 5.41) is 4.55. The first kappa shape index (κ1) is 17.6. The van der Waals surface area contributed by atoms with Gasteiger partial charge in [0.15, 0.2) is 0 Å². The number of carbonyl (C=O) groups excluding carboxylic acids is 1. The topological polar surface area (TPSA) is 34.4 Å². The molecule has 0 bridgehead atoms. The van der Waals surface area contributed by atoms with Crippen LogP contribution in [0.1, 0.15) is 52.4 Å². The Kier molecular flexibility index (Phi) is 4.81. The van der Waals surface area contributed by atoms with E-state index in [1.165, 1.54) is 31.3 Å². The second kappa shape index (κ2) is 7.09. The lowest BCUT2D eigenvalue weighted by Gasteiger charge is -2.39. The summed E-state index contributed by atoms with van der Waals surface area (Å²) in [6.45, 7) is 6.27. The minimum absolute atomic E-state index is 0.189. The highest BCUT2D eigenvalue weighted by Crippen LogP contribution is 2.63. The van der Waals surface area contributed by atoms with Crippen LogP contribution in [0.5, 0.6) is 0 Å². The van der Waals surface area contributed by atoms with Gasteiger partial charge in [-0.15, -0.1) is 0 Å². The Morgan fingerprint density at radius 3 is 2.88 bits per heavy atom. The lowest BCUT2D eigenvalue weighted by molar-refractivity contribution is -0.132. The molecule has 4 rings (SSSR count). The van der Waals surface area contributed by atoms with Crippen molar-refractivity contribution in [2.75, 3.05) is 13.1 Å². The van der Waals surface area contributed by atoms with Crippen molar-refractivity contribution in [2.45, 2.75) is 58.4 Å². The fourth-order valence-corrected chi connectivity index (χ4v) is 4.72. The van der Waals surface area contributed by atoms with E-state index in [0.29, 0.717) is 17.3 Å². The Bertz CT molecular complexity index is 684. The van der Waals surface area contributed by atoms with Crippen LogP contribution in [0.2, 0.25) is 0 Å². The van der Waals surface area contributed by atoms with Gasteiger partial charge >= 0.3 is 0 Å². The zero-order chi connectivity index (χ0) is 18.1. The molecule has 0 spiro atoms. The predicted molar refractivity (Wildman–Crippen MR) is 107 cm³/mol. The molecule has 3 heteroatoms. The smallest absolute Gasteiger partial charge is 0.211 e. The highest BCUT2D eigenvalue weighted by Gasteiger charge is 2.58. The Hall–Kier alpha value is -1.77. The molecule has 26 heavy (non-hydrogen) atoms. The monoisotopic (exact) mass is 351 g/mol. The number of likely N-dealkylation sites (tertiary alicyclic amines) is 1. The van der Waals surface area contributed by atoms with Gasteiger partial charge in [0.2, 0.25) is 5.91 Å². The summed E-state index contributed by atoms with van der Waals surface area (Å²) < 4.78 is 0. The molecule has 2 fully saturated rings. The van der Waals surface area contributed by atoms with Gasteiger partial charge in [-0.1, -0.05) is 49.8 Å². The molecule has 0 N–H and O–H groups in total. The van der Waals surface area contributed by atoms with E-state index in [0.717, 1.165) is 25.9 Å². The number of piperidine rings is 1. The minimum Gasteiger partial charge on any atom is -0.677 e. The summed E-state index contributed by atoms with van der Waals surface area (Å²) in [4.78, 5) is 15.0. The number of carbonyl (C=O) groups is 1. The molecule has 0 aromatic carbocycles. The summed E-state index contributed by atoms with van der Waals surface area (Å²) >= 11 is 0. The Labute approximate surface area is 157 Å². The van der Waals surface area contributed by atoms with Crippen LogP contribution >= 0.6 is 0 Å². The van der Waals surface area contributed by atoms with Crippen LogP contribution in [0.15, 0.2) is 47.7 Å². The third-order valence-corrected chi connectivity index (χ3v) is 6.54. The Balaban J connectivity index is 1.31. The predicted octanol–water partition coefficient (Wildman–Crippen LogP) is 5.13. The molecule has 4 aliphatic rings. The molecular weight excluding hydrogens is 320 g/mol. The van der Waals surface area contributed by atoms with E-state index in [2.05, 4.69) is 48.4 Å². The van der Waals surface area contributed by atoms with Crippen molar-refractivity contribution in [3.63, 3.8) is 0 Å². The van der Waals surface area contributed by atoms with Gasteiger partial charge in [0.05, 0.1) is 0 Å². The number of amides is 1. The molecule has 1 saturated carbocycles. The van der Waals surface area contributed by atoms with E-state index in [1.54, 1.807) is 5.57 Å². The molecule has 1 amide bonds. The van der Waals surface area contributed by atoms with Crippen molar-refractivity contribution >= 4 is 5.91 Å². The minimum atomic E-state index is -0.308. The van der Waals surface area contributed by atoms with Crippen LogP contribution in [0.3, 0.4) is 0 Å². The summed E-state index contributed by atoms with van der Waals surface area (Å²) in [6, 6.07) is -0.308. The van der Waals surface area contributed by atoms with Crippen LogP contribution in [0, 0.1) is 17.3 Å². The molecule has 0 aromatic heterocycles. The maximum absolute atomic E-state index is 12.9. The zero-order valence-electron chi connectivity index (χ0n) is 16.2. The van der Waals surface area contributed by atoms with Crippen molar-refractivity contribution in [3.8, 4) is 0 Å². The maximum atomic E-state index is 12.9. The first-order valence-electron chi connectivity index (χ1n) is 10.3. The number of allylic oxidation sites excluding steroid dienone is 6. The van der Waals surface area contributed by atoms with Crippen LogP contribution in [0.4, 0.5) is 0 Å². The molecule has 3 atom stereocenters. The molecule has 140 valence electrons. The summed E-state index contributed by atoms with van der Waals surface area (Å²) in [6.07, 6.45) is 20.1. The number of hydrogen-bond donors (Lipinski definition) is 0. The SMILES string of the molecule is CC(C)CCC1=C[N-]C(C(=O)N2CCC3(C4=CCCC=C4)CC3C2)C=C1. The molecule has 0 radical (unpaired) electrons. The largest absolute Gasteiger partial charge is 0.677 e. The van der Waals surface area contributed by atoms with Crippen LogP contribution in [0.25, 0.3) is 5.32 Å². The third kappa shape index (κ3) is 3.41. The van der Waals surface area contributed by atoms with Gasteiger partial charge in [0.1, 0.15) is 0 Å². The highest BCUT2D eigenvalue weighted by molar-refractivity contribution is 5.87. The normalized spacial score (nSPS) is 32.7. The number of rotatable bonds is 5. The number of fused-ring (bicyclic) bond motifs is 1. The van der Waals surface area contributed by atoms with Crippen LogP contribution in [-0.4, -0.2) is 29.9 Å². The van der Waals surface area contributed by atoms with Gasteiger partial charge in [0.25, 0.3) is 0 Å². The average molecular weight is 352 g/mol. The lowest BCUT2D eigenvalue weighted by atomic mass is 9.84. The zero-order valence-corrected chi connectivity index (χ0v) is 16.2. The van der Waals surface area contributed by atoms with E-state index >= 15 is 0 Å². The second-order valence-corrected chi connectivity index (χ2v) is 8.82. The van der Waals surface area contributed by atoms with E-state index in [9.17, 15) is 4.79 Å². The summed E-state index contributed by atoms with van der Waals surface area (Å²) in [7, 11) is 0. The van der Waals surface area contributed by atoms with E-state index in [1.807, 2.05) is 12.3 Å². The molecular formula is C23H31N2O-. The van der Waals surface area contributed by atoms with Crippen molar-refractivity contribution in [2.24, 2.45) is 17.3 Å². The molecule has 3 unspecified atom stereocenters. The van der Waals surface area contributed by atoms with Gasteiger partial charge in [-0.05, 0) is 62.0 Å². The van der Waals surface area contributed by atoms with E-state index in [-0.39, 0.29) is 11.9 Å². The van der Waals surface area contributed by atoms with Crippen LogP contribution < -0.4 is 0 Å². The van der Waals surface area contributed by atoms with Gasteiger partial charge in [-0.2, -0.15) is 6.20 Å². The van der Waals surface area contributed by atoms with Crippen molar-refractivity contribution in [1.29, 1.82) is 0 Å². The summed E-state index contributed by atoms with van der Waals surface area (Å²) in [5.41, 5.74) is 3.18. The fraction of sp³-hybridized carbons (Fsp3) is 0.609. The molecule has 3 nitrogen and oxygen atoms in total. The van der Waals surface area contributed by atoms with E-state index in [4.69, 9.17) is 0 Å². The lowest BCUT2D eigenvalue weighted by Crippen LogP contribution is -2.44. The Morgan fingerprint density at radius 1 is 1.35 bits per heavy atom. The van der Waals surface area contributed by atoms with Crippen molar-refractivity contribution < 1.29 is 4.79 Å². The molecule has 1 saturated heterocycles. The van der Waals surface area contributed by atoms with Gasteiger partial charge < -0.3 is 10.2 Å². The fourth-order valence-electron chi connectivity index (χ4n) is 4.72. The van der Waals surface area contributed by atoms with Crippen molar-refractivity contribution in [3.05, 3.63) is 53.0 Å². The van der Waals surface area contributed by atoms with Gasteiger partial charge in [-0.3, -0.25) is 4.79 Å². The van der Waals surface area contributed by atoms with E-state index < -0.39 is 0 Å². The van der Waals surface area contributed by atoms with Crippen molar-refractivity contribution in [1.82, 2.24) is 4.90 Å². The standard InChI is InChI=1S/C23H31N2O/c1-17(2)8-9-18-10-11-21(24-15-18)22(26)25-13-12-23(14-20(23)16-25)19-6-4-3-5-7-19/h4,6-7,10-11,15,17,20-21H,3,5,8-9,12-14,16H2,1-2H3/q-1. The van der Waals surface area contributed by atoms with Gasteiger partial charge in [-0.25, -0.2) is 0 Å². The second-order valence-electron chi connectivity index (χ2n) is 8.82. The quantitative estimate of drug-likeness (QED) is 0.676. The molecule has 0 aromatic rings. The Morgan fingerprint density at radius 2 is 2.23 bits per heavy atom.